The first kappa shape index (κ1) is 24.3. The molecular formula is C32H32O4. The molecule has 4 aromatic carbocycles. The summed E-state index contributed by atoms with van der Waals surface area (Å²) in [7, 11) is 1.66. The monoisotopic (exact) mass is 480 g/mol. The van der Waals surface area contributed by atoms with Crippen molar-refractivity contribution in [2.24, 2.45) is 0 Å². The molecule has 4 heteroatoms. The van der Waals surface area contributed by atoms with Crippen LogP contribution in [0.15, 0.2) is 103 Å². The maximum absolute atomic E-state index is 5.96. The van der Waals surface area contributed by atoms with Gasteiger partial charge in [0.25, 0.3) is 0 Å². The van der Waals surface area contributed by atoms with Gasteiger partial charge in [0.05, 0.1) is 38.4 Å². The lowest BCUT2D eigenvalue weighted by Gasteiger charge is -2.33. The molecule has 0 saturated heterocycles. The average molecular weight is 481 g/mol. The maximum Gasteiger partial charge on any atom is 0.119 e. The average Bonchev–Trinajstić information content (AvgIpc) is 3.24. The van der Waals surface area contributed by atoms with E-state index in [4.69, 9.17) is 18.9 Å². The van der Waals surface area contributed by atoms with Crippen LogP contribution in [0.5, 0.6) is 5.75 Å². The molecule has 0 aliphatic heterocycles. The minimum atomic E-state index is -0.376. The van der Waals surface area contributed by atoms with Crippen LogP contribution < -0.4 is 4.74 Å². The molecule has 0 spiro atoms. The topological polar surface area (TPSA) is 36.9 Å². The van der Waals surface area contributed by atoms with Gasteiger partial charge in [-0.1, -0.05) is 91.0 Å². The van der Waals surface area contributed by atoms with E-state index in [9.17, 15) is 0 Å². The third kappa shape index (κ3) is 4.68. The lowest BCUT2D eigenvalue weighted by Crippen LogP contribution is -2.28. The Bertz CT molecular complexity index is 1210. The predicted octanol–water partition coefficient (Wildman–Crippen LogP) is 6.11. The van der Waals surface area contributed by atoms with Gasteiger partial charge in [0, 0.05) is 7.11 Å². The highest BCUT2D eigenvalue weighted by atomic mass is 16.6. The van der Waals surface area contributed by atoms with Crippen LogP contribution in [-0.2, 0) is 19.6 Å². The van der Waals surface area contributed by atoms with Gasteiger partial charge in [0.15, 0.2) is 0 Å². The molecule has 1 aliphatic rings. The normalized spacial score (nSPS) is 13.2. The second kappa shape index (κ2) is 11.5. The highest BCUT2D eigenvalue weighted by Gasteiger charge is 2.45. The zero-order chi connectivity index (χ0) is 24.6. The highest BCUT2D eigenvalue weighted by molar-refractivity contribution is 5.86. The van der Waals surface area contributed by atoms with Crippen molar-refractivity contribution >= 4 is 0 Å². The van der Waals surface area contributed by atoms with E-state index in [1.807, 2.05) is 0 Å². The molecule has 0 bridgehead atoms. The smallest absolute Gasteiger partial charge is 0.119 e. The molecule has 4 nitrogen and oxygen atoms in total. The van der Waals surface area contributed by atoms with Crippen molar-refractivity contribution < 1.29 is 18.9 Å². The Kier molecular flexibility index (Phi) is 7.77. The van der Waals surface area contributed by atoms with Crippen molar-refractivity contribution in [1.82, 2.24) is 0 Å². The van der Waals surface area contributed by atoms with Crippen molar-refractivity contribution in [3.05, 3.63) is 125 Å². The lowest BCUT2D eigenvalue weighted by atomic mass is 9.68. The summed E-state index contributed by atoms with van der Waals surface area (Å²) >= 11 is 0. The molecule has 0 fully saturated rings. The fourth-order valence-electron chi connectivity index (χ4n) is 5.20. The van der Waals surface area contributed by atoms with Crippen LogP contribution in [0.3, 0.4) is 0 Å². The molecule has 36 heavy (non-hydrogen) atoms. The zero-order valence-electron chi connectivity index (χ0n) is 20.7. The number of hydrogen-bond acceptors (Lipinski definition) is 4. The van der Waals surface area contributed by atoms with E-state index >= 15 is 0 Å². The van der Waals surface area contributed by atoms with Gasteiger partial charge < -0.3 is 18.9 Å². The Labute approximate surface area is 213 Å². The number of benzene rings is 4. The standard InChI is InChI=1S/C32H32O4/c1-33-19-20-34-21-22-35-23-24-36-27-17-15-26(16-18-27)32(25-9-3-2-4-10-25)30-13-7-5-11-28(30)29-12-6-8-14-31(29)32/h2-18H,19-24H2,1H3. The summed E-state index contributed by atoms with van der Waals surface area (Å²) in [4.78, 5) is 0. The van der Waals surface area contributed by atoms with E-state index in [0.717, 1.165) is 5.75 Å². The summed E-state index contributed by atoms with van der Waals surface area (Å²) < 4.78 is 21.9. The second-order valence-electron chi connectivity index (χ2n) is 8.80. The van der Waals surface area contributed by atoms with Crippen LogP contribution in [-0.4, -0.2) is 46.8 Å². The first-order valence-electron chi connectivity index (χ1n) is 12.5. The number of ether oxygens (including phenoxy) is 4. The molecule has 4 aromatic rings. The summed E-state index contributed by atoms with van der Waals surface area (Å²) in [6, 6.07) is 36.9. The van der Waals surface area contributed by atoms with Gasteiger partial charge in [-0.15, -0.1) is 0 Å². The third-order valence-corrected chi connectivity index (χ3v) is 6.75. The molecule has 0 heterocycles. The molecule has 0 amide bonds. The molecule has 0 unspecified atom stereocenters. The Morgan fingerprint density at radius 1 is 0.500 bits per heavy atom. The summed E-state index contributed by atoms with van der Waals surface area (Å²) in [5.74, 6) is 0.835. The summed E-state index contributed by atoms with van der Waals surface area (Å²) in [5.41, 5.74) is 7.32. The Balaban J connectivity index is 1.36. The first-order chi connectivity index (χ1) is 17.9. The van der Waals surface area contributed by atoms with E-state index in [1.54, 1.807) is 7.11 Å². The summed E-state index contributed by atoms with van der Waals surface area (Å²) in [6.07, 6.45) is 0. The second-order valence-corrected chi connectivity index (χ2v) is 8.80. The van der Waals surface area contributed by atoms with E-state index in [-0.39, 0.29) is 5.41 Å². The van der Waals surface area contributed by atoms with Gasteiger partial charge in [-0.25, -0.2) is 0 Å². The van der Waals surface area contributed by atoms with Crippen molar-refractivity contribution in [2.45, 2.75) is 5.41 Å². The molecule has 1 aliphatic carbocycles. The molecule has 0 saturated carbocycles. The van der Waals surface area contributed by atoms with Gasteiger partial charge in [0.1, 0.15) is 12.4 Å². The fourth-order valence-corrected chi connectivity index (χ4v) is 5.20. The van der Waals surface area contributed by atoms with E-state index in [1.165, 1.54) is 33.4 Å². The highest BCUT2D eigenvalue weighted by Crippen LogP contribution is 2.55. The molecule has 0 N–H and O–H groups in total. The Hall–Kier alpha value is -3.44. The fraction of sp³-hybridized carbons (Fsp3) is 0.250. The minimum Gasteiger partial charge on any atom is -0.491 e. The van der Waals surface area contributed by atoms with Crippen molar-refractivity contribution in [3.63, 3.8) is 0 Å². The Morgan fingerprint density at radius 2 is 1.00 bits per heavy atom. The predicted molar refractivity (Wildman–Crippen MR) is 143 cm³/mol. The third-order valence-electron chi connectivity index (χ3n) is 6.75. The first-order valence-corrected chi connectivity index (χ1v) is 12.5. The van der Waals surface area contributed by atoms with E-state index in [0.29, 0.717) is 39.6 Å². The molecule has 0 atom stereocenters. The van der Waals surface area contributed by atoms with Crippen LogP contribution >= 0.6 is 0 Å². The quantitative estimate of drug-likeness (QED) is 0.202. The molecule has 184 valence electrons. The molecule has 0 aromatic heterocycles. The number of hydrogen-bond donors (Lipinski definition) is 0. The zero-order valence-corrected chi connectivity index (χ0v) is 20.7. The molecule has 0 radical (unpaired) electrons. The van der Waals surface area contributed by atoms with Crippen LogP contribution in [0.1, 0.15) is 22.3 Å². The lowest BCUT2D eigenvalue weighted by molar-refractivity contribution is 0.0180. The maximum atomic E-state index is 5.96. The largest absolute Gasteiger partial charge is 0.491 e. The number of methoxy groups -OCH3 is 1. The van der Waals surface area contributed by atoms with E-state index < -0.39 is 0 Å². The number of fused-ring (bicyclic) bond motifs is 3. The van der Waals surface area contributed by atoms with Gasteiger partial charge in [0.2, 0.25) is 0 Å². The van der Waals surface area contributed by atoms with Crippen LogP contribution in [0.4, 0.5) is 0 Å². The van der Waals surface area contributed by atoms with Crippen molar-refractivity contribution in [2.75, 3.05) is 46.8 Å². The van der Waals surface area contributed by atoms with Gasteiger partial charge in [-0.05, 0) is 45.5 Å². The van der Waals surface area contributed by atoms with Gasteiger partial charge in [-0.3, -0.25) is 0 Å². The Morgan fingerprint density at radius 3 is 1.61 bits per heavy atom. The van der Waals surface area contributed by atoms with Crippen LogP contribution in [0.2, 0.25) is 0 Å². The van der Waals surface area contributed by atoms with Crippen molar-refractivity contribution in [3.8, 4) is 16.9 Å². The van der Waals surface area contributed by atoms with E-state index in [2.05, 4.69) is 103 Å². The minimum absolute atomic E-state index is 0.376. The van der Waals surface area contributed by atoms with Crippen LogP contribution in [0.25, 0.3) is 11.1 Å². The van der Waals surface area contributed by atoms with Gasteiger partial charge in [-0.2, -0.15) is 0 Å². The summed E-state index contributed by atoms with van der Waals surface area (Å²) in [6.45, 7) is 3.30. The molecular weight excluding hydrogens is 448 g/mol. The van der Waals surface area contributed by atoms with Crippen LogP contribution in [0, 0.1) is 0 Å². The van der Waals surface area contributed by atoms with Crippen molar-refractivity contribution in [1.29, 1.82) is 0 Å². The SMILES string of the molecule is COCCOCCOCCOc1ccc(C2(c3ccccc3)c3ccccc3-c3ccccc32)cc1. The van der Waals surface area contributed by atoms with Gasteiger partial charge >= 0.3 is 0 Å². The molecule has 5 rings (SSSR count). The number of rotatable bonds is 12. The summed E-state index contributed by atoms with van der Waals surface area (Å²) in [5, 5.41) is 0.